The summed E-state index contributed by atoms with van der Waals surface area (Å²) in [6, 6.07) is 0. The van der Waals surface area contributed by atoms with E-state index in [1.165, 1.54) is 0 Å². The summed E-state index contributed by atoms with van der Waals surface area (Å²) in [5, 5.41) is 16.7. The zero-order valence-electron chi connectivity index (χ0n) is 6.43. The Hall–Kier alpha value is -1.32. The largest absolute Gasteiger partial charge is 0.481 e. The van der Waals surface area contributed by atoms with Crippen molar-refractivity contribution in [2.75, 3.05) is 0 Å². The highest BCUT2D eigenvalue weighted by atomic mass is 16.4. The lowest BCUT2D eigenvalue weighted by atomic mass is 9.75. The molecule has 4 heteroatoms. The van der Waals surface area contributed by atoms with Gasteiger partial charge < -0.3 is 10.2 Å². The second kappa shape index (κ2) is 3.38. The fourth-order valence-corrected chi connectivity index (χ4v) is 1.24. The lowest BCUT2D eigenvalue weighted by molar-refractivity contribution is -0.145. The number of allylic oxidation sites excluding steroid dienone is 1. The van der Waals surface area contributed by atoms with Gasteiger partial charge in [-0.25, -0.2) is 4.79 Å². The summed E-state index contributed by atoms with van der Waals surface area (Å²) in [5.74, 6) is -1.89. The van der Waals surface area contributed by atoms with Gasteiger partial charge in [-0.15, -0.1) is 0 Å². The predicted octanol–water partition coefficient (Wildman–Crippen LogP) is 0.738. The maximum absolute atomic E-state index is 10.3. The number of carbonyl (C=O) groups is 2. The molecule has 1 rings (SSSR count). The van der Waals surface area contributed by atoms with Crippen molar-refractivity contribution in [3.8, 4) is 0 Å². The molecule has 0 unspecified atom stereocenters. The van der Waals surface area contributed by atoms with Crippen LogP contribution in [0.5, 0.6) is 0 Å². The molecule has 1 fully saturated rings. The lowest BCUT2D eigenvalue weighted by Crippen LogP contribution is -2.29. The van der Waals surface area contributed by atoms with E-state index in [1.54, 1.807) is 6.08 Å². The SMILES string of the molecule is O=C(O)C=CC1CC(C(=O)O)C1. The number of carboxylic acid groups (broad SMARTS) is 2. The normalized spacial score (nSPS) is 28.3. The van der Waals surface area contributed by atoms with E-state index in [4.69, 9.17) is 10.2 Å². The Balaban J connectivity index is 2.26. The maximum Gasteiger partial charge on any atom is 0.327 e. The second-order valence-electron chi connectivity index (χ2n) is 2.96. The van der Waals surface area contributed by atoms with Gasteiger partial charge in [0.25, 0.3) is 0 Å². The van der Waals surface area contributed by atoms with Crippen molar-refractivity contribution in [1.82, 2.24) is 0 Å². The van der Waals surface area contributed by atoms with Crippen molar-refractivity contribution >= 4 is 11.9 Å². The highest BCUT2D eigenvalue weighted by Gasteiger charge is 2.32. The van der Waals surface area contributed by atoms with Crippen LogP contribution < -0.4 is 0 Å². The molecular formula is C8H10O4. The first-order valence-corrected chi connectivity index (χ1v) is 3.73. The molecular weight excluding hydrogens is 160 g/mol. The Labute approximate surface area is 69.5 Å². The molecule has 66 valence electrons. The van der Waals surface area contributed by atoms with Gasteiger partial charge in [0.15, 0.2) is 0 Å². The van der Waals surface area contributed by atoms with Crippen molar-refractivity contribution in [2.24, 2.45) is 11.8 Å². The standard InChI is InChI=1S/C8H10O4/c9-7(10)2-1-5-3-6(4-5)8(11)12/h1-2,5-6H,3-4H2,(H,9,10)(H,11,12). The van der Waals surface area contributed by atoms with Crippen LogP contribution in [0.15, 0.2) is 12.2 Å². The Bertz CT molecular complexity index is 225. The molecule has 0 saturated heterocycles. The minimum atomic E-state index is -0.978. The van der Waals surface area contributed by atoms with E-state index in [0.29, 0.717) is 12.8 Å². The average molecular weight is 170 g/mol. The van der Waals surface area contributed by atoms with Crippen LogP contribution in [-0.2, 0) is 9.59 Å². The first kappa shape index (κ1) is 8.77. The number of carboxylic acids is 2. The van der Waals surface area contributed by atoms with E-state index >= 15 is 0 Å². The van der Waals surface area contributed by atoms with Gasteiger partial charge in [-0.1, -0.05) is 6.08 Å². The molecule has 1 saturated carbocycles. The Morgan fingerprint density at radius 1 is 1.25 bits per heavy atom. The van der Waals surface area contributed by atoms with Crippen LogP contribution in [0.4, 0.5) is 0 Å². The first-order valence-electron chi connectivity index (χ1n) is 3.73. The fraction of sp³-hybridized carbons (Fsp3) is 0.500. The summed E-state index contributed by atoms with van der Waals surface area (Å²) in [6.07, 6.45) is 3.77. The maximum atomic E-state index is 10.3. The second-order valence-corrected chi connectivity index (χ2v) is 2.96. The zero-order valence-corrected chi connectivity index (χ0v) is 6.43. The molecule has 12 heavy (non-hydrogen) atoms. The summed E-state index contributed by atoms with van der Waals surface area (Å²) >= 11 is 0. The monoisotopic (exact) mass is 170 g/mol. The van der Waals surface area contributed by atoms with Gasteiger partial charge in [0, 0.05) is 6.08 Å². The van der Waals surface area contributed by atoms with E-state index < -0.39 is 11.9 Å². The molecule has 0 aromatic heterocycles. The van der Waals surface area contributed by atoms with Crippen molar-refractivity contribution in [2.45, 2.75) is 12.8 Å². The Morgan fingerprint density at radius 2 is 1.83 bits per heavy atom. The van der Waals surface area contributed by atoms with Gasteiger partial charge in [-0.2, -0.15) is 0 Å². The molecule has 0 aromatic carbocycles. The van der Waals surface area contributed by atoms with Crippen LogP contribution in [0.25, 0.3) is 0 Å². The van der Waals surface area contributed by atoms with Crippen molar-refractivity contribution < 1.29 is 19.8 Å². The van der Waals surface area contributed by atoms with E-state index in [9.17, 15) is 9.59 Å². The van der Waals surface area contributed by atoms with Crippen molar-refractivity contribution in [3.63, 3.8) is 0 Å². The Kier molecular flexibility index (Phi) is 2.47. The van der Waals surface area contributed by atoms with Gasteiger partial charge in [0.1, 0.15) is 0 Å². The molecule has 0 radical (unpaired) electrons. The third-order valence-electron chi connectivity index (χ3n) is 2.03. The molecule has 2 N–H and O–H groups in total. The summed E-state index contributed by atoms with van der Waals surface area (Å²) in [4.78, 5) is 20.4. The third-order valence-corrected chi connectivity index (χ3v) is 2.03. The summed E-state index contributed by atoms with van der Waals surface area (Å²) in [6.45, 7) is 0. The molecule has 0 heterocycles. The van der Waals surface area contributed by atoms with E-state index in [-0.39, 0.29) is 11.8 Å². The molecule has 0 amide bonds. The van der Waals surface area contributed by atoms with E-state index in [0.717, 1.165) is 6.08 Å². The highest BCUT2D eigenvalue weighted by Crippen LogP contribution is 2.34. The summed E-state index contributed by atoms with van der Waals surface area (Å²) < 4.78 is 0. The number of hydrogen-bond donors (Lipinski definition) is 2. The van der Waals surface area contributed by atoms with Gasteiger partial charge in [0.2, 0.25) is 0 Å². The van der Waals surface area contributed by atoms with Crippen molar-refractivity contribution in [1.29, 1.82) is 0 Å². The minimum absolute atomic E-state index is 0.141. The molecule has 0 bridgehead atoms. The predicted molar refractivity (Wildman–Crippen MR) is 40.6 cm³/mol. The Morgan fingerprint density at radius 3 is 2.25 bits per heavy atom. The quantitative estimate of drug-likeness (QED) is 0.612. The molecule has 4 nitrogen and oxygen atoms in total. The summed E-state index contributed by atoms with van der Waals surface area (Å²) in [5.41, 5.74) is 0. The van der Waals surface area contributed by atoms with Crippen LogP contribution in [0.3, 0.4) is 0 Å². The summed E-state index contributed by atoms with van der Waals surface area (Å²) in [7, 11) is 0. The number of aliphatic carboxylic acids is 2. The van der Waals surface area contributed by atoms with Gasteiger partial charge in [0.05, 0.1) is 5.92 Å². The van der Waals surface area contributed by atoms with Crippen LogP contribution in [-0.4, -0.2) is 22.2 Å². The number of rotatable bonds is 3. The van der Waals surface area contributed by atoms with Gasteiger partial charge in [-0.3, -0.25) is 4.79 Å². The molecule has 1 aliphatic carbocycles. The van der Waals surface area contributed by atoms with Crippen LogP contribution >= 0.6 is 0 Å². The number of hydrogen-bond acceptors (Lipinski definition) is 2. The first-order chi connectivity index (χ1) is 5.59. The van der Waals surface area contributed by atoms with Crippen molar-refractivity contribution in [3.05, 3.63) is 12.2 Å². The van der Waals surface area contributed by atoms with E-state index in [1.807, 2.05) is 0 Å². The molecule has 0 spiro atoms. The topological polar surface area (TPSA) is 74.6 Å². The molecule has 0 aliphatic heterocycles. The minimum Gasteiger partial charge on any atom is -0.481 e. The van der Waals surface area contributed by atoms with Crippen LogP contribution in [0, 0.1) is 11.8 Å². The molecule has 0 aromatic rings. The highest BCUT2D eigenvalue weighted by molar-refractivity contribution is 5.79. The van der Waals surface area contributed by atoms with Crippen LogP contribution in [0.1, 0.15) is 12.8 Å². The molecule has 1 aliphatic rings. The van der Waals surface area contributed by atoms with E-state index in [2.05, 4.69) is 0 Å². The zero-order chi connectivity index (χ0) is 9.14. The van der Waals surface area contributed by atoms with Crippen LogP contribution in [0.2, 0.25) is 0 Å². The molecule has 0 atom stereocenters. The average Bonchev–Trinajstić information content (AvgIpc) is 1.82. The smallest absolute Gasteiger partial charge is 0.327 e. The fourth-order valence-electron chi connectivity index (χ4n) is 1.24. The van der Waals surface area contributed by atoms with Gasteiger partial charge >= 0.3 is 11.9 Å². The lowest BCUT2D eigenvalue weighted by Gasteiger charge is -2.29. The van der Waals surface area contributed by atoms with Gasteiger partial charge in [-0.05, 0) is 18.8 Å². The third kappa shape index (κ3) is 2.08.